The summed E-state index contributed by atoms with van der Waals surface area (Å²) in [6.07, 6.45) is 25.5. The first-order valence-electron chi connectivity index (χ1n) is 25.0. The molecule has 9 rings (SSSR count). The number of hydrogen-bond donors (Lipinski definition) is 1. The maximum absolute atomic E-state index is 6.28. The molecule has 2 aliphatic rings. The Hall–Kier alpha value is -7.64. The number of rotatable bonds is 16. The molecule has 0 aromatic heterocycles. The lowest BCUT2D eigenvalue weighted by atomic mass is 9.71. The molecule has 0 saturated heterocycles. The molecule has 0 spiro atoms. The van der Waals surface area contributed by atoms with Crippen LogP contribution in [-0.2, 0) is 6.42 Å². The van der Waals surface area contributed by atoms with Crippen LogP contribution in [0.2, 0.25) is 0 Å². The van der Waals surface area contributed by atoms with E-state index < -0.39 is 0 Å². The molecule has 0 bridgehead atoms. The second kappa shape index (κ2) is 22.4. The topological polar surface area (TPSA) is 29.0 Å². The summed E-state index contributed by atoms with van der Waals surface area (Å²) in [7, 11) is 0. The van der Waals surface area contributed by atoms with Crippen LogP contribution in [-0.4, -0.2) is 6.21 Å². The normalized spacial score (nSPS) is 16.1. The fourth-order valence-electron chi connectivity index (χ4n) is 10.5. The summed E-state index contributed by atoms with van der Waals surface area (Å²) in [6.45, 7) is 15.2. The first-order valence-corrected chi connectivity index (χ1v) is 25.8. The summed E-state index contributed by atoms with van der Waals surface area (Å²) in [4.78, 5) is 1.16. The van der Waals surface area contributed by atoms with Gasteiger partial charge in [0.15, 0.2) is 6.21 Å². The molecule has 2 atom stereocenters. The molecule has 1 fully saturated rings. The van der Waals surface area contributed by atoms with E-state index in [2.05, 4.69) is 227 Å². The van der Waals surface area contributed by atoms with Crippen molar-refractivity contribution in [2.24, 2.45) is 11.7 Å². The van der Waals surface area contributed by atoms with E-state index in [-0.39, 0.29) is 11.8 Å². The molecule has 350 valence electrons. The van der Waals surface area contributed by atoms with E-state index in [0.717, 1.165) is 34.6 Å². The maximum atomic E-state index is 6.28. The van der Waals surface area contributed by atoms with Crippen molar-refractivity contribution in [2.75, 3.05) is 0 Å². The zero-order chi connectivity index (χ0) is 49.3. The Labute approximate surface area is 427 Å². The summed E-state index contributed by atoms with van der Waals surface area (Å²) in [5.41, 5.74) is 27.3. The molecule has 1 heterocycles. The molecule has 7 aromatic rings. The van der Waals surface area contributed by atoms with Gasteiger partial charge in [0, 0.05) is 40.7 Å². The van der Waals surface area contributed by atoms with E-state index in [1.165, 1.54) is 97.3 Å². The van der Waals surface area contributed by atoms with Crippen molar-refractivity contribution in [3.63, 3.8) is 0 Å². The number of terminal acetylenes is 1. The van der Waals surface area contributed by atoms with Crippen LogP contribution in [0.3, 0.4) is 0 Å². The van der Waals surface area contributed by atoms with Crippen molar-refractivity contribution in [2.45, 2.75) is 69.6 Å². The summed E-state index contributed by atoms with van der Waals surface area (Å²) >= 11 is 1.56. The van der Waals surface area contributed by atoms with E-state index in [0.29, 0.717) is 10.9 Å². The fraction of sp³-hybridized carbons (Fsp3) is 0.162. The second-order valence-corrected chi connectivity index (χ2v) is 20.2. The molecular weight excluding hydrogens is 877 g/mol. The van der Waals surface area contributed by atoms with Gasteiger partial charge in [-0.05, 0) is 154 Å². The van der Waals surface area contributed by atoms with Crippen LogP contribution < -0.4 is 10.3 Å². The summed E-state index contributed by atoms with van der Waals surface area (Å²) < 4.78 is 2.32. The third-order valence-corrected chi connectivity index (χ3v) is 15.3. The second-order valence-electron chi connectivity index (χ2n) is 19.0. The van der Waals surface area contributed by atoms with Gasteiger partial charge in [-0.25, -0.2) is 0 Å². The highest BCUT2D eigenvalue weighted by atomic mass is 32.2. The molecule has 2 unspecified atom stereocenters. The molecular formula is C68H63N2S+. The molecule has 71 heavy (non-hydrogen) atoms. The molecule has 7 aromatic carbocycles. The number of hydrogen-bond acceptors (Lipinski definition) is 2. The van der Waals surface area contributed by atoms with E-state index >= 15 is 0 Å². The number of aryl methyl sites for hydroxylation is 2. The third-order valence-electron chi connectivity index (χ3n) is 14.4. The van der Waals surface area contributed by atoms with Crippen molar-refractivity contribution < 1.29 is 0 Å². The van der Waals surface area contributed by atoms with Gasteiger partial charge in [-0.15, -0.1) is 6.42 Å². The van der Waals surface area contributed by atoms with Crippen LogP contribution >= 0.6 is 11.8 Å². The molecule has 1 aliphatic heterocycles. The fourth-order valence-corrected chi connectivity index (χ4v) is 11.2. The third kappa shape index (κ3) is 10.9. The van der Waals surface area contributed by atoms with Gasteiger partial charge < -0.3 is 5.73 Å². The minimum atomic E-state index is 0.0875. The lowest BCUT2D eigenvalue weighted by Gasteiger charge is -2.33. The minimum absolute atomic E-state index is 0.0875. The average Bonchev–Trinajstić information content (AvgIpc) is 3.37. The zero-order valence-electron chi connectivity index (χ0n) is 41.3. The Balaban J connectivity index is 1.19. The van der Waals surface area contributed by atoms with Gasteiger partial charge in [0.25, 0.3) is 0 Å². The zero-order valence-corrected chi connectivity index (χ0v) is 42.1. The first kappa shape index (κ1) is 48.4. The SMILES string of the molecule is C#C/C=C\C=C(/C=C)c1ccc(C(c2cccc(C3CCC3)c2-c2cc(C3=C/C=[N+](c4ccccc4)c4ccccc4\C(C)=C\3)ccc2C)C(C)CCc2cc(-c3ccccc3)ccc2SC(=C)N)cc1. The highest BCUT2D eigenvalue weighted by molar-refractivity contribution is 8.03. The van der Waals surface area contributed by atoms with Gasteiger partial charge in [0.05, 0.1) is 5.03 Å². The van der Waals surface area contributed by atoms with E-state index in [4.69, 9.17) is 12.2 Å². The van der Waals surface area contributed by atoms with Crippen LogP contribution in [0, 0.1) is 25.2 Å². The van der Waals surface area contributed by atoms with Crippen LogP contribution in [0.1, 0.15) is 95.9 Å². The molecule has 2 N–H and O–H groups in total. The van der Waals surface area contributed by atoms with E-state index in [9.17, 15) is 0 Å². The average molecular weight is 940 g/mol. The number of nitrogens with zero attached hydrogens (tertiary/aromatic N) is 1. The maximum Gasteiger partial charge on any atom is 0.218 e. The van der Waals surface area contributed by atoms with Gasteiger partial charge in [-0.2, -0.15) is 4.58 Å². The summed E-state index contributed by atoms with van der Waals surface area (Å²) in [5.74, 6) is 3.46. The number of thioether (sulfide) groups is 1. The van der Waals surface area contributed by atoms with Gasteiger partial charge >= 0.3 is 0 Å². The van der Waals surface area contributed by atoms with Crippen molar-refractivity contribution in [1.29, 1.82) is 0 Å². The number of benzene rings is 7. The Morgan fingerprint density at radius 2 is 1.54 bits per heavy atom. The van der Waals surface area contributed by atoms with Crippen LogP contribution in [0.5, 0.6) is 0 Å². The Morgan fingerprint density at radius 3 is 2.25 bits per heavy atom. The summed E-state index contributed by atoms with van der Waals surface area (Å²) in [6, 6.07) is 60.3. The number of allylic oxidation sites excluding steroid dienone is 9. The number of para-hydroxylation sites is 2. The van der Waals surface area contributed by atoms with E-state index in [1.807, 2.05) is 18.2 Å². The smallest absolute Gasteiger partial charge is 0.218 e. The lowest BCUT2D eigenvalue weighted by molar-refractivity contribution is 0.419. The Morgan fingerprint density at radius 1 is 0.803 bits per heavy atom. The van der Waals surface area contributed by atoms with Gasteiger partial charge in [-0.1, -0.05) is 196 Å². The molecule has 0 radical (unpaired) electrons. The number of fused-ring (bicyclic) bond motifs is 1. The molecule has 0 amide bonds. The van der Waals surface area contributed by atoms with Crippen LogP contribution in [0.15, 0.2) is 223 Å². The van der Waals surface area contributed by atoms with Crippen molar-refractivity contribution in [3.05, 3.63) is 263 Å². The van der Waals surface area contributed by atoms with Crippen LogP contribution in [0.4, 0.5) is 11.4 Å². The van der Waals surface area contributed by atoms with Crippen LogP contribution in [0.25, 0.3) is 39.0 Å². The largest absolute Gasteiger partial charge is 0.394 e. The minimum Gasteiger partial charge on any atom is -0.394 e. The quantitative estimate of drug-likeness (QED) is 0.0453. The lowest BCUT2D eigenvalue weighted by Crippen LogP contribution is -2.17. The highest BCUT2D eigenvalue weighted by Gasteiger charge is 2.31. The highest BCUT2D eigenvalue weighted by Crippen LogP contribution is 2.49. The van der Waals surface area contributed by atoms with E-state index in [1.54, 1.807) is 17.8 Å². The predicted octanol–water partition coefficient (Wildman–Crippen LogP) is 17.7. The molecule has 3 heteroatoms. The molecule has 1 saturated carbocycles. The molecule has 2 nitrogen and oxygen atoms in total. The van der Waals surface area contributed by atoms with Crippen molar-refractivity contribution in [3.8, 4) is 34.6 Å². The van der Waals surface area contributed by atoms with Gasteiger partial charge in [-0.3, -0.25) is 0 Å². The predicted molar refractivity (Wildman–Crippen MR) is 308 cm³/mol. The molecule has 1 aliphatic carbocycles. The Kier molecular flexibility index (Phi) is 15.3. The summed E-state index contributed by atoms with van der Waals surface area (Å²) in [5, 5.41) is 0.597. The monoisotopic (exact) mass is 939 g/mol. The van der Waals surface area contributed by atoms with Crippen molar-refractivity contribution >= 4 is 46.1 Å². The van der Waals surface area contributed by atoms with Gasteiger partial charge in [0.2, 0.25) is 11.4 Å². The Bertz CT molecular complexity index is 3280. The number of nitrogens with two attached hydrogens (primary N) is 1. The first-order chi connectivity index (χ1) is 34.7. The van der Waals surface area contributed by atoms with Crippen molar-refractivity contribution in [1.82, 2.24) is 4.58 Å². The van der Waals surface area contributed by atoms with Gasteiger partial charge in [0.1, 0.15) is 0 Å². The standard InChI is InChI=1S/C68H63N2S/c1-7-9-12-21-51(8-2)53-36-38-55(39-37-53)67(48(4)33-35-59-45-56(52-22-13-10-14-23-52)40-41-66(59)71-50(6)69)63-30-20-29-62(54-24-19-25-54)68(63)64-46-57(34-32-47(64)3)58-42-43-70(60-26-15-11-16-27-60)65-31-18-17-28-61(65)49(5)44-58/h1,8-18,20-23,26-32,34,36-46,48,54,67H,2,6,19,24-25,33,35,69H2,3-5H3/q+1/b12-9-,43-42?,49-44+,51-21+,58-42+,58-44?,61-49?,70-43?,70-65?.